The summed E-state index contributed by atoms with van der Waals surface area (Å²) < 4.78 is 17.0. The highest BCUT2D eigenvalue weighted by atomic mass is 16.6. The van der Waals surface area contributed by atoms with E-state index in [-0.39, 0.29) is 31.1 Å². The van der Waals surface area contributed by atoms with Crippen molar-refractivity contribution in [1.82, 2.24) is 0 Å². The zero-order chi connectivity index (χ0) is 59.9. The molecule has 0 saturated heterocycles. The molecule has 0 N–H and O–H groups in total. The molecule has 0 bridgehead atoms. The van der Waals surface area contributed by atoms with Crippen molar-refractivity contribution in [3.8, 4) is 0 Å². The molecule has 6 heteroatoms. The first kappa shape index (κ1) is 78.8. The Morgan fingerprint density at radius 2 is 0.470 bits per heavy atom. The van der Waals surface area contributed by atoms with Gasteiger partial charge in [-0.05, 0) is 135 Å². The lowest BCUT2D eigenvalue weighted by molar-refractivity contribution is -0.167. The monoisotopic (exact) mass is 1150 g/mol. The van der Waals surface area contributed by atoms with Crippen LogP contribution in [0.25, 0.3) is 0 Å². The van der Waals surface area contributed by atoms with Gasteiger partial charge in [-0.25, -0.2) is 0 Å². The Hall–Kier alpha value is -4.19. The smallest absolute Gasteiger partial charge is 0.306 e. The van der Waals surface area contributed by atoms with E-state index in [0.717, 1.165) is 116 Å². The summed E-state index contributed by atoms with van der Waals surface area (Å²) in [4.78, 5) is 38.4. The van der Waals surface area contributed by atoms with Crippen LogP contribution in [0.4, 0.5) is 0 Å². The molecular weight excluding hydrogens is 1020 g/mol. The van der Waals surface area contributed by atoms with Crippen LogP contribution in [-0.2, 0) is 28.6 Å². The van der Waals surface area contributed by atoms with Crippen LogP contribution < -0.4 is 0 Å². The van der Waals surface area contributed by atoms with Crippen molar-refractivity contribution in [1.29, 1.82) is 0 Å². The second kappa shape index (κ2) is 70.3. The zero-order valence-corrected chi connectivity index (χ0v) is 54.4. The largest absolute Gasteiger partial charge is 0.462 e. The fourth-order valence-electron chi connectivity index (χ4n) is 9.68. The maximum atomic E-state index is 12.9. The summed E-state index contributed by atoms with van der Waals surface area (Å²) in [5.41, 5.74) is 0. The lowest BCUT2D eigenvalue weighted by atomic mass is 10.0. The Morgan fingerprint density at radius 1 is 0.253 bits per heavy atom. The number of hydrogen-bond acceptors (Lipinski definition) is 6. The molecule has 0 spiro atoms. The minimum absolute atomic E-state index is 0.0837. The minimum atomic E-state index is -0.788. The molecule has 0 aliphatic heterocycles. The van der Waals surface area contributed by atoms with Gasteiger partial charge in [0, 0.05) is 19.3 Å². The average Bonchev–Trinajstić information content (AvgIpc) is 3.49. The molecule has 0 heterocycles. The molecule has 1 unspecified atom stereocenters. The summed E-state index contributed by atoms with van der Waals surface area (Å²) in [5, 5.41) is 0. The highest BCUT2D eigenvalue weighted by molar-refractivity contribution is 5.71. The van der Waals surface area contributed by atoms with E-state index >= 15 is 0 Å². The van der Waals surface area contributed by atoms with E-state index in [2.05, 4.69) is 142 Å². The average molecular weight is 1150 g/mol. The molecule has 1 atom stereocenters. The van der Waals surface area contributed by atoms with E-state index in [4.69, 9.17) is 14.2 Å². The molecule has 0 aliphatic rings. The Bertz CT molecular complexity index is 1700. The first-order chi connectivity index (χ1) is 41.0. The lowest BCUT2D eigenvalue weighted by Crippen LogP contribution is -2.30. The predicted octanol–water partition coefficient (Wildman–Crippen LogP) is 24.3. The number of ether oxygens (including phenoxy) is 3. The van der Waals surface area contributed by atoms with E-state index in [9.17, 15) is 14.4 Å². The van der Waals surface area contributed by atoms with Gasteiger partial charge >= 0.3 is 17.9 Å². The molecule has 0 aliphatic carbocycles. The van der Waals surface area contributed by atoms with Crippen LogP contribution in [0, 0.1) is 0 Å². The number of carbonyl (C=O) groups is 3. The Balaban J connectivity index is 4.26. The Labute approximate surface area is 513 Å². The van der Waals surface area contributed by atoms with Crippen LogP contribution in [-0.4, -0.2) is 37.2 Å². The second-order valence-electron chi connectivity index (χ2n) is 23.1. The van der Waals surface area contributed by atoms with Gasteiger partial charge in [-0.3, -0.25) is 14.4 Å². The van der Waals surface area contributed by atoms with E-state index in [1.165, 1.54) is 173 Å². The highest BCUT2D eigenvalue weighted by Gasteiger charge is 2.19. The standard InChI is InChI=1S/C77H130O6/c1-4-7-10-13-16-19-22-25-27-29-31-32-33-34-35-36-37-38-39-40-41-42-43-44-46-47-49-52-55-58-61-64-67-70-76(79)82-73-74(72-81-75(78)69-66-63-60-57-54-51-24-21-18-15-12-9-6-3)83-77(80)71-68-65-62-59-56-53-50-48-45-30-28-26-23-20-17-14-11-8-5-2/h7,10,16-17,19-21,24-28,31-32,34-35,37-38,40-41,74H,4-6,8-9,11-15,18,22-23,29-30,33,36,39,42-73H2,1-3H3/b10-7-,19-16-,20-17-,24-21-,27-25-,28-26-,32-31-,35-34-,38-37-,41-40-. The van der Waals surface area contributed by atoms with Gasteiger partial charge in [0.2, 0.25) is 0 Å². The zero-order valence-electron chi connectivity index (χ0n) is 54.4. The Morgan fingerprint density at radius 3 is 0.771 bits per heavy atom. The summed E-state index contributed by atoms with van der Waals surface area (Å²) in [6.07, 6.45) is 97.9. The molecule has 474 valence electrons. The lowest BCUT2D eigenvalue weighted by Gasteiger charge is -2.18. The number of carbonyl (C=O) groups excluding carboxylic acids is 3. The maximum absolute atomic E-state index is 12.9. The van der Waals surface area contributed by atoms with Gasteiger partial charge in [-0.15, -0.1) is 0 Å². The fraction of sp³-hybridized carbons (Fsp3) is 0.701. The summed E-state index contributed by atoms with van der Waals surface area (Å²) in [6, 6.07) is 0. The molecule has 0 radical (unpaired) electrons. The van der Waals surface area contributed by atoms with Crippen molar-refractivity contribution in [3.63, 3.8) is 0 Å². The number of hydrogen-bond donors (Lipinski definition) is 0. The molecule has 0 saturated carbocycles. The van der Waals surface area contributed by atoms with Crippen LogP contribution in [0.3, 0.4) is 0 Å². The van der Waals surface area contributed by atoms with E-state index < -0.39 is 6.10 Å². The van der Waals surface area contributed by atoms with Crippen molar-refractivity contribution in [2.75, 3.05) is 13.2 Å². The third-order valence-electron chi connectivity index (χ3n) is 14.9. The van der Waals surface area contributed by atoms with Crippen molar-refractivity contribution in [3.05, 3.63) is 122 Å². The number of allylic oxidation sites excluding steroid dienone is 20. The van der Waals surface area contributed by atoms with Crippen molar-refractivity contribution < 1.29 is 28.6 Å². The van der Waals surface area contributed by atoms with Crippen molar-refractivity contribution >= 4 is 17.9 Å². The van der Waals surface area contributed by atoms with Crippen LogP contribution in [0.2, 0.25) is 0 Å². The normalized spacial score (nSPS) is 12.9. The maximum Gasteiger partial charge on any atom is 0.306 e. The van der Waals surface area contributed by atoms with Crippen molar-refractivity contribution in [2.24, 2.45) is 0 Å². The highest BCUT2D eigenvalue weighted by Crippen LogP contribution is 2.16. The molecule has 0 aromatic rings. The van der Waals surface area contributed by atoms with E-state index in [0.29, 0.717) is 19.3 Å². The summed E-state index contributed by atoms with van der Waals surface area (Å²) in [6.45, 7) is 6.50. The quantitative estimate of drug-likeness (QED) is 0.0261. The van der Waals surface area contributed by atoms with Crippen LogP contribution in [0.5, 0.6) is 0 Å². The molecule has 0 rings (SSSR count). The molecular formula is C77H130O6. The number of esters is 3. The van der Waals surface area contributed by atoms with Gasteiger partial charge in [-0.1, -0.05) is 296 Å². The van der Waals surface area contributed by atoms with Crippen LogP contribution >= 0.6 is 0 Å². The Kier molecular flexibility index (Phi) is 66.7. The third kappa shape index (κ3) is 68.5. The topological polar surface area (TPSA) is 78.9 Å². The summed E-state index contributed by atoms with van der Waals surface area (Å²) >= 11 is 0. The first-order valence-corrected chi connectivity index (χ1v) is 35.0. The predicted molar refractivity (Wildman–Crippen MR) is 362 cm³/mol. The van der Waals surface area contributed by atoms with E-state index in [1.54, 1.807) is 0 Å². The van der Waals surface area contributed by atoms with Gasteiger partial charge in [0.1, 0.15) is 13.2 Å². The summed E-state index contributed by atoms with van der Waals surface area (Å²) in [7, 11) is 0. The molecule has 0 aromatic heterocycles. The van der Waals surface area contributed by atoms with Gasteiger partial charge in [-0.2, -0.15) is 0 Å². The molecule has 6 nitrogen and oxygen atoms in total. The van der Waals surface area contributed by atoms with Gasteiger partial charge in [0.25, 0.3) is 0 Å². The number of rotatable bonds is 63. The molecule has 0 aromatic carbocycles. The van der Waals surface area contributed by atoms with E-state index in [1.807, 2.05) is 0 Å². The third-order valence-corrected chi connectivity index (χ3v) is 14.9. The first-order valence-electron chi connectivity index (χ1n) is 35.0. The molecule has 83 heavy (non-hydrogen) atoms. The summed E-state index contributed by atoms with van der Waals surface area (Å²) in [5.74, 6) is -0.889. The van der Waals surface area contributed by atoms with Gasteiger partial charge in [0.15, 0.2) is 6.10 Å². The fourth-order valence-corrected chi connectivity index (χ4v) is 9.68. The minimum Gasteiger partial charge on any atom is -0.462 e. The number of unbranched alkanes of at least 4 members (excludes halogenated alkanes) is 32. The van der Waals surface area contributed by atoms with Crippen molar-refractivity contribution in [2.45, 2.75) is 335 Å². The second-order valence-corrected chi connectivity index (χ2v) is 23.1. The van der Waals surface area contributed by atoms with Crippen LogP contribution in [0.15, 0.2) is 122 Å². The molecule has 0 fully saturated rings. The molecule has 0 amide bonds. The van der Waals surface area contributed by atoms with Crippen LogP contribution in [0.1, 0.15) is 329 Å². The van der Waals surface area contributed by atoms with Gasteiger partial charge < -0.3 is 14.2 Å². The SMILES string of the molecule is CC/C=C\C/C=C\C/C=C\C/C=C\C/C=C\C/C=C\C/C=C\CCCCCCCCCCCCCC(=O)OCC(COC(=O)CCCCCCC/C=C\CCCCCC)OC(=O)CCCCCCCCCCC/C=C\C/C=C\CCCCC. The van der Waals surface area contributed by atoms with Gasteiger partial charge in [0.05, 0.1) is 0 Å².